The summed E-state index contributed by atoms with van der Waals surface area (Å²) in [6.45, 7) is 2.23. The normalized spacial score (nSPS) is 30.9. The quantitative estimate of drug-likeness (QED) is 0.474. The van der Waals surface area contributed by atoms with E-state index in [0.717, 1.165) is 5.92 Å². The third-order valence-corrected chi connectivity index (χ3v) is 2.48. The standard InChI is InChI=1S/C7H12.Cu/c1-7-5-3-2-4-6-7;/h7H,2-5H2,1H3;. The van der Waals surface area contributed by atoms with Crippen LogP contribution in [0.2, 0.25) is 0 Å². The first kappa shape index (κ1) is 6.51. The summed E-state index contributed by atoms with van der Waals surface area (Å²) in [4.78, 5) is 0. The molecule has 51 valence electrons. The van der Waals surface area contributed by atoms with Gasteiger partial charge in [-0.1, -0.05) is 0 Å². The van der Waals surface area contributed by atoms with Gasteiger partial charge in [-0.3, -0.25) is 0 Å². The molecular weight excluding hydrogens is 148 g/mol. The van der Waals surface area contributed by atoms with Crippen LogP contribution in [0.1, 0.15) is 32.6 Å². The van der Waals surface area contributed by atoms with E-state index in [2.05, 4.69) is 6.92 Å². The number of hydrogen-bond donors (Lipinski definition) is 0. The summed E-state index contributed by atoms with van der Waals surface area (Å²) in [5, 5.41) is 0. The van der Waals surface area contributed by atoms with Gasteiger partial charge in [0.1, 0.15) is 0 Å². The van der Waals surface area contributed by atoms with Crippen molar-refractivity contribution in [2.24, 2.45) is 5.92 Å². The molecule has 0 heterocycles. The summed E-state index contributed by atoms with van der Waals surface area (Å²) in [7, 11) is 0. The van der Waals surface area contributed by atoms with Gasteiger partial charge in [0.2, 0.25) is 0 Å². The molecule has 0 amide bonds. The van der Waals surface area contributed by atoms with Gasteiger partial charge in [0, 0.05) is 0 Å². The van der Waals surface area contributed by atoms with Crippen LogP contribution in [0.15, 0.2) is 0 Å². The molecule has 0 N–H and O–H groups in total. The van der Waals surface area contributed by atoms with Gasteiger partial charge in [0.15, 0.2) is 0 Å². The van der Waals surface area contributed by atoms with Crippen LogP contribution in [0.3, 0.4) is 0 Å². The van der Waals surface area contributed by atoms with Gasteiger partial charge in [-0.05, 0) is 0 Å². The van der Waals surface area contributed by atoms with E-state index in [0.29, 0.717) is 0 Å². The fourth-order valence-electron chi connectivity index (χ4n) is 1.12. The first-order chi connectivity index (χ1) is 3.80. The minimum absolute atomic E-state index is 0.726. The second kappa shape index (κ2) is 2.79. The van der Waals surface area contributed by atoms with Crippen molar-refractivity contribution in [3.05, 3.63) is 0 Å². The summed E-state index contributed by atoms with van der Waals surface area (Å²) in [5.74, 6) is 0.726. The van der Waals surface area contributed by atoms with E-state index in [1.165, 1.54) is 30.1 Å². The molecule has 0 bridgehead atoms. The van der Waals surface area contributed by atoms with E-state index in [1.54, 1.807) is 0 Å². The molecule has 0 aliphatic heterocycles. The summed E-state index contributed by atoms with van der Waals surface area (Å²) >= 11 is 5.27. The molecule has 0 radical (unpaired) electrons. The van der Waals surface area contributed by atoms with Gasteiger partial charge in [0.05, 0.1) is 0 Å². The molecule has 8 heavy (non-hydrogen) atoms. The van der Waals surface area contributed by atoms with Gasteiger partial charge in [-0.25, -0.2) is 0 Å². The molecule has 0 aromatic heterocycles. The molecule has 1 aliphatic carbocycles. The summed E-state index contributed by atoms with van der Waals surface area (Å²) in [6, 6.07) is 0. The van der Waals surface area contributed by atoms with Crippen molar-refractivity contribution in [1.82, 2.24) is 0 Å². The summed E-state index contributed by atoms with van der Waals surface area (Å²) in [5.41, 5.74) is 0. The van der Waals surface area contributed by atoms with E-state index in [1.807, 2.05) is 0 Å². The molecule has 0 aromatic rings. The zero-order valence-corrected chi connectivity index (χ0v) is 6.15. The van der Waals surface area contributed by atoms with Crippen molar-refractivity contribution in [3.63, 3.8) is 0 Å². The van der Waals surface area contributed by atoms with E-state index in [9.17, 15) is 0 Å². The second-order valence-corrected chi connectivity index (χ2v) is 3.15. The van der Waals surface area contributed by atoms with E-state index in [-0.39, 0.29) is 0 Å². The predicted molar refractivity (Wildman–Crippen MR) is 32.6 cm³/mol. The van der Waals surface area contributed by atoms with Crippen molar-refractivity contribution < 1.29 is 15.6 Å². The van der Waals surface area contributed by atoms with Gasteiger partial charge < -0.3 is 0 Å². The predicted octanol–water partition coefficient (Wildman–Crippen LogP) is 1.92. The molecule has 1 heteroatoms. The fourth-order valence-corrected chi connectivity index (χ4v) is 1.43. The zero-order chi connectivity index (χ0) is 5.98. The summed E-state index contributed by atoms with van der Waals surface area (Å²) in [6.07, 6.45) is 5.24. The Morgan fingerprint density at radius 1 is 1.50 bits per heavy atom. The van der Waals surface area contributed by atoms with Gasteiger partial charge >= 0.3 is 58.5 Å². The Bertz CT molecular complexity index is 96.6. The van der Waals surface area contributed by atoms with Crippen LogP contribution in [-0.4, -0.2) is 4.42 Å². The van der Waals surface area contributed by atoms with Gasteiger partial charge in [-0.15, -0.1) is 0 Å². The van der Waals surface area contributed by atoms with Gasteiger partial charge in [0.25, 0.3) is 0 Å². The Balaban J connectivity index is 2.39. The molecule has 0 nitrogen and oxygen atoms in total. The molecule has 1 fully saturated rings. The van der Waals surface area contributed by atoms with Crippen LogP contribution < -0.4 is 0 Å². The van der Waals surface area contributed by atoms with Crippen LogP contribution in [0.4, 0.5) is 0 Å². The van der Waals surface area contributed by atoms with Crippen LogP contribution in [0.5, 0.6) is 0 Å². The molecule has 1 rings (SSSR count). The average Bonchev–Trinajstić information content (AvgIpc) is 1.77. The zero-order valence-electron chi connectivity index (χ0n) is 5.21. The molecular formula is C7H12Cu. The van der Waals surface area contributed by atoms with Crippen molar-refractivity contribution in [2.75, 3.05) is 0 Å². The monoisotopic (exact) mass is 159 g/mol. The fraction of sp³-hybridized carbons (Fsp3) is 0.857. The Morgan fingerprint density at radius 3 is 2.62 bits per heavy atom. The van der Waals surface area contributed by atoms with Crippen molar-refractivity contribution >= 4 is 4.42 Å². The van der Waals surface area contributed by atoms with E-state index in [4.69, 9.17) is 15.6 Å². The molecule has 0 saturated heterocycles. The SMILES string of the molecule is CC1CCCC[C]1=[Cu]. The third kappa shape index (κ3) is 1.43. The Hall–Kier alpha value is 0.389. The number of hydrogen-bond acceptors (Lipinski definition) is 0. The first-order valence-corrected chi connectivity index (χ1v) is 3.75. The Morgan fingerprint density at radius 2 is 2.25 bits per heavy atom. The van der Waals surface area contributed by atoms with E-state index >= 15 is 0 Å². The van der Waals surface area contributed by atoms with Crippen molar-refractivity contribution in [2.45, 2.75) is 32.6 Å². The van der Waals surface area contributed by atoms with Gasteiger partial charge in [-0.2, -0.15) is 0 Å². The van der Waals surface area contributed by atoms with Crippen molar-refractivity contribution in [3.8, 4) is 0 Å². The molecule has 0 aromatic carbocycles. The molecule has 1 atom stereocenters. The molecule has 1 unspecified atom stereocenters. The Kier molecular flexibility index (Phi) is 2.27. The second-order valence-electron chi connectivity index (χ2n) is 2.54. The minimum atomic E-state index is 0.726. The Labute approximate surface area is 59.0 Å². The molecule has 1 saturated carbocycles. The maximum absolute atomic E-state index is 5.27. The van der Waals surface area contributed by atoms with Crippen LogP contribution in [0.25, 0.3) is 0 Å². The van der Waals surface area contributed by atoms with Crippen LogP contribution in [-0.2, 0) is 15.6 Å². The van der Waals surface area contributed by atoms with E-state index < -0.39 is 0 Å². The average molecular weight is 160 g/mol. The maximum atomic E-state index is 5.27. The molecule has 1 aliphatic rings. The molecule has 0 spiro atoms. The topological polar surface area (TPSA) is 0 Å². The van der Waals surface area contributed by atoms with Crippen molar-refractivity contribution in [1.29, 1.82) is 0 Å². The first-order valence-electron chi connectivity index (χ1n) is 3.28. The van der Waals surface area contributed by atoms with Crippen LogP contribution in [0, 0.1) is 5.92 Å². The third-order valence-electron chi connectivity index (χ3n) is 1.78. The summed E-state index contributed by atoms with van der Waals surface area (Å²) < 4.78 is 1.28. The van der Waals surface area contributed by atoms with Crippen LogP contribution >= 0.6 is 0 Å². The number of rotatable bonds is 0.